The number of fused-ring (bicyclic) bond motifs is 1. The lowest BCUT2D eigenvalue weighted by atomic mass is 9.90. The maximum atomic E-state index is 4.22. The first kappa shape index (κ1) is 11.2. The zero-order valence-corrected chi connectivity index (χ0v) is 10.6. The lowest BCUT2D eigenvalue weighted by Gasteiger charge is -2.25. The van der Waals surface area contributed by atoms with Gasteiger partial charge in [-0.05, 0) is 61.6 Å². The standard InChI is InChI=1S/C15H22N2/c1-2-17-15(6-11-4-3-5-16-10-11)14-8-12-7-13(12)9-14/h3-5,10,12-15,17H,2,6-9H2,1H3. The highest BCUT2D eigenvalue weighted by Gasteiger charge is 2.47. The molecule has 0 radical (unpaired) electrons. The van der Waals surface area contributed by atoms with Crippen LogP contribution in [0.4, 0.5) is 0 Å². The van der Waals surface area contributed by atoms with Gasteiger partial charge in [-0.1, -0.05) is 13.0 Å². The number of hydrogen-bond donors (Lipinski definition) is 1. The van der Waals surface area contributed by atoms with Crippen LogP contribution in [0.25, 0.3) is 0 Å². The van der Waals surface area contributed by atoms with Crippen molar-refractivity contribution >= 4 is 0 Å². The number of rotatable bonds is 5. The summed E-state index contributed by atoms with van der Waals surface area (Å²) in [6, 6.07) is 4.91. The first-order valence-electron chi connectivity index (χ1n) is 6.99. The van der Waals surface area contributed by atoms with E-state index >= 15 is 0 Å². The molecule has 0 aromatic carbocycles. The van der Waals surface area contributed by atoms with Crippen molar-refractivity contribution in [3.8, 4) is 0 Å². The Balaban J connectivity index is 1.63. The summed E-state index contributed by atoms with van der Waals surface area (Å²) in [5.74, 6) is 3.06. The van der Waals surface area contributed by atoms with Crippen molar-refractivity contribution in [2.75, 3.05) is 6.54 Å². The summed E-state index contributed by atoms with van der Waals surface area (Å²) in [5, 5.41) is 3.69. The minimum absolute atomic E-state index is 0.664. The summed E-state index contributed by atoms with van der Waals surface area (Å²) in [5.41, 5.74) is 1.37. The van der Waals surface area contributed by atoms with Gasteiger partial charge in [-0.2, -0.15) is 0 Å². The molecule has 1 aromatic rings. The van der Waals surface area contributed by atoms with Crippen LogP contribution in [-0.4, -0.2) is 17.6 Å². The summed E-state index contributed by atoms with van der Waals surface area (Å²) in [6.07, 6.45) is 9.45. The number of pyridine rings is 1. The fourth-order valence-corrected chi connectivity index (χ4v) is 3.53. The van der Waals surface area contributed by atoms with E-state index in [0.29, 0.717) is 6.04 Å². The molecule has 17 heavy (non-hydrogen) atoms. The van der Waals surface area contributed by atoms with Crippen molar-refractivity contribution < 1.29 is 0 Å². The molecule has 2 saturated carbocycles. The van der Waals surface area contributed by atoms with Crippen molar-refractivity contribution in [2.45, 2.75) is 38.6 Å². The monoisotopic (exact) mass is 230 g/mol. The third-order valence-corrected chi connectivity index (χ3v) is 4.49. The second-order valence-electron chi connectivity index (χ2n) is 5.72. The van der Waals surface area contributed by atoms with E-state index in [1.54, 1.807) is 0 Å². The smallest absolute Gasteiger partial charge is 0.0300 e. The van der Waals surface area contributed by atoms with Gasteiger partial charge in [0.25, 0.3) is 0 Å². The van der Waals surface area contributed by atoms with Gasteiger partial charge in [0.15, 0.2) is 0 Å². The van der Waals surface area contributed by atoms with Crippen LogP contribution in [0.15, 0.2) is 24.5 Å². The van der Waals surface area contributed by atoms with Gasteiger partial charge in [-0.3, -0.25) is 4.98 Å². The second kappa shape index (κ2) is 4.77. The second-order valence-corrected chi connectivity index (χ2v) is 5.72. The molecule has 0 spiro atoms. The zero-order chi connectivity index (χ0) is 11.7. The fourth-order valence-electron chi connectivity index (χ4n) is 3.53. The fraction of sp³-hybridized carbons (Fsp3) is 0.667. The summed E-state index contributed by atoms with van der Waals surface area (Å²) in [6.45, 7) is 3.29. The molecule has 3 rings (SSSR count). The third kappa shape index (κ3) is 2.52. The summed E-state index contributed by atoms with van der Waals surface area (Å²) in [7, 11) is 0. The summed E-state index contributed by atoms with van der Waals surface area (Å²) >= 11 is 0. The van der Waals surface area contributed by atoms with Crippen LogP contribution in [0, 0.1) is 17.8 Å². The molecule has 0 bridgehead atoms. The third-order valence-electron chi connectivity index (χ3n) is 4.49. The molecule has 1 N–H and O–H groups in total. The number of hydrogen-bond acceptors (Lipinski definition) is 2. The van der Waals surface area contributed by atoms with Crippen LogP contribution in [-0.2, 0) is 6.42 Å². The molecule has 1 heterocycles. The van der Waals surface area contributed by atoms with E-state index in [-0.39, 0.29) is 0 Å². The quantitative estimate of drug-likeness (QED) is 0.841. The normalized spacial score (nSPS) is 32.2. The van der Waals surface area contributed by atoms with E-state index in [1.165, 1.54) is 24.8 Å². The van der Waals surface area contributed by atoms with Gasteiger partial charge in [-0.15, -0.1) is 0 Å². The highest BCUT2D eigenvalue weighted by molar-refractivity contribution is 5.12. The zero-order valence-electron chi connectivity index (χ0n) is 10.6. The van der Waals surface area contributed by atoms with Gasteiger partial charge in [0.05, 0.1) is 0 Å². The molecule has 2 nitrogen and oxygen atoms in total. The molecule has 3 atom stereocenters. The Kier molecular flexibility index (Phi) is 3.15. The van der Waals surface area contributed by atoms with Crippen molar-refractivity contribution in [3.05, 3.63) is 30.1 Å². The van der Waals surface area contributed by atoms with E-state index in [1.807, 2.05) is 18.5 Å². The van der Waals surface area contributed by atoms with E-state index in [0.717, 1.165) is 30.7 Å². The highest BCUT2D eigenvalue weighted by Crippen LogP contribution is 2.55. The van der Waals surface area contributed by atoms with Crippen molar-refractivity contribution in [1.82, 2.24) is 10.3 Å². The summed E-state index contributed by atoms with van der Waals surface area (Å²) in [4.78, 5) is 4.22. The largest absolute Gasteiger partial charge is 0.314 e. The molecule has 2 aliphatic carbocycles. The van der Waals surface area contributed by atoms with Gasteiger partial charge in [0.2, 0.25) is 0 Å². The van der Waals surface area contributed by atoms with Crippen LogP contribution < -0.4 is 5.32 Å². The molecule has 2 heteroatoms. The lowest BCUT2D eigenvalue weighted by molar-refractivity contribution is 0.337. The topological polar surface area (TPSA) is 24.9 Å². The van der Waals surface area contributed by atoms with E-state index in [9.17, 15) is 0 Å². The van der Waals surface area contributed by atoms with Gasteiger partial charge in [0.1, 0.15) is 0 Å². The molecular formula is C15H22N2. The van der Waals surface area contributed by atoms with Crippen LogP contribution in [0.2, 0.25) is 0 Å². The predicted molar refractivity (Wildman–Crippen MR) is 69.7 cm³/mol. The average molecular weight is 230 g/mol. The Morgan fingerprint density at radius 3 is 2.82 bits per heavy atom. The minimum atomic E-state index is 0.664. The molecule has 2 aliphatic rings. The van der Waals surface area contributed by atoms with Crippen LogP contribution >= 0.6 is 0 Å². The van der Waals surface area contributed by atoms with Gasteiger partial charge in [-0.25, -0.2) is 0 Å². The first-order valence-corrected chi connectivity index (χ1v) is 6.99. The van der Waals surface area contributed by atoms with Crippen molar-refractivity contribution in [2.24, 2.45) is 17.8 Å². The Labute approximate surface area is 104 Å². The van der Waals surface area contributed by atoms with Gasteiger partial charge < -0.3 is 5.32 Å². The number of nitrogens with zero attached hydrogens (tertiary/aromatic N) is 1. The Bertz CT molecular complexity index is 352. The molecular weight excluding hydrogens is 208 g/mol. The minimum Gasteiger partial charge on any atom is -0.314 e. The Morgan fingerprint density at radius 2 is 2.18 bits per heavy atom. The highest BCUT2D eigenvalue weighted by atomic mass is 14.9. The Hall–Kier alpha value is -0.890. The summed E-state index contributed by atoms with van der Waals surface area (Å²) < 4.78 is 0. The molecule has 2 fully saturated rings. The molecule has 0 amide bonds. The van der Waals surface area contributed by atoms with E-state index in [2.05, 4.69) is 23.3 Å². The first-order chi connectivity index (χ1) is 8.36. The van der Waals surface area contributed by atoms with Gasteiger partial charge >= 0.3 is 0 Å². The molecule has 0 aliphatic heterocycles. The lowest BCUT2D eigenvalue weighted by Crippen LogP contribution is -2.37. The predicted octanol–water partition coefficient (Wildman–Crippen LogP) is 2.65. The molecule has 3 unspecified atom stereocenters. The van der Waals surface area contributed by atoms with E-state index < -0.39 is 0 Å². The maximum Gasteiger partial charge on any atom is 0.0300 e. The number of nitrogens with one attached hydrogen (secondary N) is 1. The SMILES string of the molecule is CCNC(Cc1cccnc1)C1CC2CC2C1. The Morgan fingerprint density at radius 1 is 1.35 bits per heavy atom. The van der Waals surface area contributed by atoms with Crippen LogP contribution in [0.3, 0.4) is 0 Å². The number of aromatic nitrogens is 1. The molecule has 0 saturated heterocycles. The van der Waals surface area contributed by atoms with Crippen molar-refractivity contribution in [3.63, 3.8) is 0 Å². The maximum absolute atomic E-state index is 4.22. The van der Waals surface area contributed by atoms with Crippen LogP contribution in [0.1, 0.15) is 31.7 Å². The molecule has 92 valence electrons. The van der Waals surface area contributed by atoms with Crippen molar-refractivity contribution in [1.29, 1.82) is 0 Å². The molecule has 1 aromatic heterocycles. The van der Waals surface area contributed by atoms with Crippen LogP contribution in [0.5, 0.6) is 0 Å². The number of likely N-dealkylation sites (N-methyl/N-ethyl adjacent to an activating group) is 1. The van der Waals surface area contributed by atoms with E-state index in [4.69, 9.17) is 0 Å². The average Bonchev–Trinajstić information content (AvgIpc) is 2.97. The van der Waals surface area contributed by atoms with Gasteiger partial charge in [0, 0.05) is 18.4 Å².